The monoisotopic (exact) mass is 407 g/mol. The molecule has 25 heavy (non-hydrogen) atoms. The molecule has 0 aliphatic carbocycles. The molecule has 0 radical (unpaired) electrons. The third-order valence-electron chi connectivity index (χ3n) is 3.07. The first kappa shape index (κ1) is 18.4. The van der Waals surface area contributed by atoms with Crippen molar-refractivity contribution >= 4 is 33.7 Å². The van der Waals surface area contributed by atoms with Crippen molar-refractivity contribution in [3.05, 3.63) is 62.1 Å². The van der Waals surface area contributed by atoms with Crippen LogP contribution >= 0.6 is 15.9 Å². The molecule has 0 atom stereocenters. The van der Waals surface area contributed by atoms with Crippen LogP contribution in [-0.4, -0.2) is 28.8 Å². The molecule has 0 spiro atoms. The fraction of sp³-hybridized carbons (Fsp3) is 0.125. The largest absolute Gasteiger partial charge is 0.503 e. The van der Waals surface area contributed by atoms with Crippen molar-refractivity contribution in [3.8, 4) is 11.5 Å². The lowest BCUT2D eigenvalue weighted by atomic mass is 10.2. The van der Waals surface area contributed by atoms with Crippen molar-refractivity contribution < 1.29 is 19.6 Å². The topological polar surface area (TPSA) is 114 Å². The summed E-state index contributed by atoms with van der Waals surface area (Å²) in [6.45, 7) is 2.18. The Balaban J connectivity index is 2.07. The minimum absolute atomic E-state index is 0.0195. The highest BCUT2D eigenvalue weighted by Crippen LogP contribution is 2.35. The van der Waals surface area contributed by atoms with Crippen molar-refractivity contribution in [2.45, 2.75) is 6.92 Å². The molecule has 0 bridgehead atoms. The van der Waals surface area contributed by atoms with Gasteiger partial charge in [-0.2, -0.15) is 5.10 Å². The summed E-state index contributed by atoms with van der Waals surface area (Å²) in [5.41, 5.74) is 3.06. The van der Waals surface area contributed by atoms with Crippen LogP contribution in [0.5, 0.6) is 11.5 Å². The van der Waals surface area contributed by atoms with E-state index in [4.69, 9.17) is 4.74 Å². The number of nitrogens with one attached hydrogen (secondary N) is 1. The van der Waals surface area contributed by atoms with Gasteiger partial charge in [-0.15, -0.1) is 0 Å². The highest BCUT2D eigenvalue weighted by molar-refractivity contribution is 9.10. The van der Waals surface area contributed by atoms with Gasteiger partial charge in [0.25, 0.3) is 11.6 Å². The van der Waals surface area contributed by atoms with E-state index in [1.807, 2.05) is 0 Å². The van der Waals surface area contributed by atoms with E-state index in [-0.39, 0.29) is 17.0 Å². The van der Waals surface area contributed by atoms with E-state index >= 15 is 0 Å². The number of aromatic hydroxyl groups is 1. The van der Waals surface area contributed by atoms with E-state index in [9.17, 15) is 20.0 Å². The molecule has 0 aliphatic rings. The molecule has 0 saturated carbocycles. The number of rotatable bonds is 6. The first-order valence-corrected chi connectivity index (χ1v) is 7.94. The summed E-state index contributed by atoms with van der Waals surface area (Å²) >= 11 is 3.21. The second-order valence-corrected chi connectivity index (χ2v) is 5.64. The highest BCUT2D eigenvalue weighted by Gasteiger charge is 2.10. The van der Waals surface area contributed by atoms with Crippen molar-refractivity contribution in [1.82, 2.24) is 5.43 Å². The van der Waals surface area contributed by atoms with Gasteiger partial charge in [0.05, 0.1) is 22.2 Å². The zero-order chi connectivity index (χ0) is 18.4. The predicted molar refractivity (Wildman–Crippen MR) is 95.1 cm³/mol. The predicted octanol–water partition coefficient (Wildman–Crippen LogP) is 3.23. The van der Waals surface area contributed by atoms with Gasteiger partial charge >= 0.3 is 0 Å². The van der Waals surface area contributed by atoms with Crippen LogP contribution in [0.2, 0.25) is 0 Å². The fourth-order valence-corrected chi connectivity index (χ4v) is 2.36. The van der Waals surface area contributed by atoms with E-state index in [0.29, 0.717) is 22.4 Å². The molecule has 9 heteroatoms. The van der Waals surface area contributed by atoms with Crippen LogP contribution < -0.4 is 10.2 Å². The average Bonchev–Trinajstić information content (AvgIpc) is 2.59. The average molecular weight is 408 g/mol. The number of nitro groups is 1. The first-order valence-electron chi connectivity index (χ1n) is 7.15. The molecule has 0 aromatic heterocycles. The Bertz CT molecular complexity index is 821. The molecular formula is C16H14BrN3O5. The molecule has 1 amide bonds. The fourth-order valence-electron chi connectivity index (χ4n) is 1.90. The SMILES string of the molecule is CCOc1cc(/C=N\NC(=O)c2ccc([N+](=O)[O-])cc2)cc(Br)c1O. The number of hydrazone groups is 1. The molecule has 2 N–H and O–H groups in total. The lowest BCUT2D eigenvalue weighted by molar-refractivity contribution is -0.384. The Morgan fingerprint density at radius 1 is 1.40 bits per heavy atom. The number of hydrogen-bond acceptors (Lipinski definition) is 6. The minimum Gasteiger partial charge on any atom is -0.503 e. The number of amides is 1. The number of carbonyl (C=O) groups excluding carboxylic acids is 1. The van der Waals surface area contributed by atoms with Crippen LogP contribution in [0.25, 0.3) is 0 Å². The summed E-state index contributed by atoms with van der Waals surface area (Å²) < 4.78 is 5.73. The minimum atomic E-state index is -0.543. The summed E-state index contributed by atoms with van der Waals surface area (Å²) in [7, 11) is 0. The maximum atomic E-state index is 11.9. The highest BCUT2D eigenvalue weighted by atomic mass is 79.9. The van der Waals surface area contributed by atoms with Gasteiger partial charge in [-0.3, -0.25) is 14.9 Å². The molecule has 0 aliphatic heterocycles. The van der Waals surface area contributed by atoms with Gasteiger partial charge in [-0.1, -0.05) is 0 Å². The third kappa shape index (κ3) is 4.77. The lowest BCUT2D eigenvalue weighted by Gasteiger charge is -2.08. The molecule has 2 aromatic carbocycles. The maximum Gasteiger partial charge on any atom is 0.271 e. The van der Waals surface area contributed by atoms with E-state index < -0.39 is 10.8 Å². The van der Waals surface area contributed by atoms with Crippen LogP contribution in [0.15, 0.2) is 46.0 Å². The summed E-state index contributed by atoms with van der Waals surface area (Å²) in [5.74, 6) is -0.233. The summed E-state index contributed by atoms with van der Waals surface area (Å²) in [5, 5.41) is 24.3. The lowest BCUT2D eigenvalue weighted by Crippen LogP contribution is -2.17. The van der Waals surface area contributed by atoms with Crippen LogP contribution in [-0.2, 0) is 0 Å². The standard InChI is InChI=1S/C16H14BrN3O5/c1-2-25-14-8-10(7-13(17)15(14)21)9-18-19-16(22)11-3-5-12(6-4-11)20(23)24/h3-9,21H,2H2,1H3,(H,19,22)/b18-9-. The van der Waals surface area contributed by atoms with Crippen molar-refractivity contribution in [3.63, 3.8) is 0 Å². The molecular weight excluding hydrogens is 394 g/mol. The Morgan fingerprint density at radius 3 is 2.68 bits per heavy atom. The quantitative estimate of drug-likeness (QED) is 0.433. The van der Waals surface area contributed by atoms with Gasteiger partial charge in [0.2, 0.25) is 0 Å². The van der Waals surface area contributed by atoms with E-state index in [1.165, 1.54) is 30.5 Å². The van der Waals surface area contributed by atoms with Crippen molar-refractivity contribution in [2.24, 2.45) is 5.10 Å². The molecule has 2 aromatic rings. The number of nitro benzene ring substituents is 1. The zero-order valence-corrected chi connectivity index (χ0v) is 14.7. The maximum absolute atomic E-state index is 11.9. The Morgan fingerprint density at radius 2 is 2.08 bits per heavy atom. The van der Waals surface area contributed by atoms with Gasteiger partial charge in [0, 0.05) is 17.7 Å². The molecule has 8 nitrogen and oxygen atoms in total. The van der Waals surface area contributed by atoms with Crippen molar-refractivity contribution in [2.75, 3.05) is 6.61 Å². The van der Waals surface area contributed by atoms with Gasteiger partial charge in [0.15, 0.2) is 11.5 Å². The number of ether oxygens (including phenoxy) is 1. The van der Waals surface area contributed by atoms with Gasteiger partial charge in [0.1, 0.15) is 0 Å². The van der Waals surface area contributed by atoms with E-state index in [2.05, 4.69) is 26.5 Å². The third-order valence-corrected chi connectivity index (χ3v) is 3.68. The Hall–Kier alpha value is -2.94. The van der Waals surface area contributed by atoms with Crippen LogP contribution in [0.3, 0.4) is 0 Å². The second kappa shape index (κ2) is 8.25. The molecule has 130 valence electrons. The number of phenolic OH excluding ortho intramolecular Hbond substituents is 1. The van der Waals surface area contributed by atoms with Crippen LogP contribution in [0, 0.1) is 10.1 Å². The number of hydrogen-bond donors (Lipinski definition) is 2. The molecule has 0 unspecified atom stereocenters. The normalized spacial score (nSPS) is 10.6. The Kier molecular flexibility index (Phi) is 6.07. The zero-order valence-electron chi connectivity index (χ0n) is 13.1. The van der Waals surface area contributed by atoms with Gasteiger partial charge < -0.3 is 9.84 Å². The molecule has 0 fully saturated rings. The van der Waals surface area contributed by atoms with E-state index in [1.54, 1.807) is 19.1 Å². The number of nitrogens with zero attached hydrogens (tertiary/aromatic N) is 2. The molecule has 0 heterocycles. The van der Waals surface area contributed by atoms with Crippen LogP contribution in [0.4, 0.5) is 5.69 Å². The molecule has 2 rings (SSSR count). The second-order valence-electron chi connectivity index (χ2n) is 4.79. The summed E-state index contributed by atoms with van der Waals surface area (Å²) in [6.07, 6.45) is 1.38. The number of phenols is 1. The number of carbonyl (C=O) groups is 1. The summed E-state index contributed by atoms with van der Waals surface area (Å²) in [6, 6.07) is 8.35. The van der Waals surface area contributed by atoms with Gasteiger partial charge in [-0.25, -0.2) is 5.43 Å². The number of benzene rings is 2. The first-order chi connectivity index (χ1) is 11.9. The number of non-ortho nitro benzene ring substituents is 1. The smallest absolute Gasteiger partial charge is 0.271 e. The van der Waals surface area contributed by atoms with Gasteiger partial charge in [-0.05, 0) is 52.7 Å². The Labute approximate surface area is 151 Å². The van der Waals surface area contributed by atoms with Crippen LogP contribution in [0.1, 0.15) is 22.8 Å². The number of halogens is 1. The van der Waals surface area contributed by atoms with Crippen molar-refractivity contribution in [1.29, 1.82) is 0 Å². The summed E-state index contributed by atoms with van der Waals surface area (Å²) in [4.78, 5) is 22.0. The van der Waals surface area contributed by atoms with E-state index in [0.717, 1.165) is 0 Å². The molecule has 0 saturated heterocycles.